The first-order valence-corrected chi connectivity index (χ1v) is 7.41. The van der Waals surface area contributed by atoms with Crippen molar-refractivity contribution in [2.24, 2.45) is 7.05 Å². The summed E-state index contributed by atoms with van der Waals surface area (Å²) >= 11 is 0. The minimum atomic E-state index is -0.532. The van der Waals surface area contributed by atoms with Crippen LogP contribution in [0.25, 0.3) is 0 Å². The summed E-state index contributed by atoms with van der Waals surface area (Å²) in [6.07, 6.45) is 0. The third kappa shape index (κ3) is 3.97. The molecule has 1 heterocycles. The van der Waals surface area contributed by atoms with Crippen molar-refractivity contribution < 1.29 is 14.3 Å². The first kappa shape index (κ1) is 16.7. The van der Waals surface area contributed by atoms with Crippen LogP contribution in [-0.2, 0) is 16.6 Å². The number of carbonyl (C=O) groups excluding carboxylic acids is 2. The molecule has 0 radical (unpaired) electrons. The van der Waals surface area contributed by atoms with E-state index in [1.54, 1.807) is 25.6 Å². The summed E-state index contributed by atoms with van der Waals surface area (Å²) in [6, 6.07) is 9.44. The number of ether oxygens (including phenoxy) is 1. The predicted molar refractivity (Wildman–Crippen MR) is 86.0 cm³/mol. The number of nitrogens with zero attached hydrogens (tertiary/aromatic N) is 2. The van der Waals surface area contributed by atoms with Gasteiger partial charge in [-0.15, -0.1) is 0 Å². The summed E-state index contributed by atoms with van der Waals surface area (Å²) in [5.41, 5.74) is 2.71. The van der Waals surface area contributed by atoms with Gasteiger partial charge in [-0.2, -0.15) is 5.10 Å². The van der Waals surface area contributed by atoms with Crippen LogP contribution >= 0.6 is 0 Å². The Bertz CT molecular complexity index is 707. The van der Waals surface area contributed by atoms with E-state index in [0.717, 1.165) is 5.56 Å². The number of nitrogens with one attached hydrogen (secondary N) is 1. The molecule has 1 atom stereocenters. The predicted octanol–water partition coefficient (Wildman–Crippen LogP) is 2.07. The molecule has 2 aromatic rings. The Morgan fingerprint density at radius 1 is 1.26 bits per heavy atom. The van der Waals surface area contributed by atoms with Crippen LogP contribution in [0.5, 0.6) is 0 Å². The highest BCUT2D eigenvalue weighted by molar-refractivity contribution is 5.93. The van der Waals surface area contributed by atoms with E-state index in [4.69, 9.17) is 4.74 Å². The molecule has 6 nitrogen and oxygen atoms in total. The zero-order chi connectivity index (χ0) is 17.0. The van der Waals surface area contributed by atoms with Crippen molar-refractivity contribution >= 4 is 11.9 Å². The maximum absolute atomic E-state index is 12.1. The van der Waals surface area contributed by atoms with Crippen molar-refractivity contribution in [3.05, 3.63) is 52.8 Å². The van der Waals surface area contributed by atoms with Gasteiger partial charge in [0.05, 0.1) is 11.7 Å². The normalized spacial score (nSPS) is 11.8. The highest BCUT2D eigenvalue weighted by Crippen LogP contribution is 2.14. The molecule has 0 saturated carbocycles. The molecule has 1 amide bonds. The quantitative estimate of drug-likeness (QED) is 0.857. The van der Waals surface area contributed by atoms with Crippen molar-refractivity contribution in [3.63, 3.8) is 0 Å². The van der Waals surface area contributed by atoms with E-state index in [9.17, 15) is 9.59 Å². The zero-order valence-electron chi connectivity index (χ0n) is 13.8. The minimum Gasteiger partial charge on any atom is -0.452 e. The van der Waals surface area contributed by atoms with Gasteiger partial charge < -0.3 is 10.1 Å². The second kappa shape index (κ2) is 7.09. The lowest BCUT2D eigenvalue weighted by Gasteiger charge is -2.14. The molecule has 0 aliphatic heterocycles. The highest BCUT2D eigenvalue weighted by Gasteiger charge is 2.20. The number of hydrogen-bond donors (Lipinski definition) is 1. The van der Waals surface area contributed by atoms with Crippen molar-refractivity contribution in [3.8, 4) is 0 Å². The first-order chi connectivity index (χ1) is 10.9. The van der Waals surface area contributed by atoms with E-state index >= 15 is 0 Å². The van der Waals surface area contributed by atoms with Gasteiger partial charge in [-0.25, -0.2) is 4.79 Å². The lowest BCUT2D eigenvalue weighted by molar-refractivity contribution is -0.124. The number of benzene rings is 1. The average Bonchev–Trinajstić information content (AvgIpc) is 2.78. The van der Waals surface area contributed by atoms with Crippen LogP contribution in [0.3, 0.4) is 0 Å². The third-order valence-corrected chi connectivity index (χ3v) is 3.72. The molecular weight excluding hydrogens is 294 g/mol. The Labute approximate surface area is 135 Å². The maximum atomic E-state index is 12.1. The summed E-state index contributed by atoms with van der Waals surface area (Å²) in [5, 5.41) is 6.96. The molecule has 1 aromatic carbocycles. The fourth-order valence-corrected chi connectivity index (χ4v) is 2.38. The summed E-state index contributed by atoms with van der Waals surface area (Å²) in [4.78, 5) is 24.0. The van der Waals surface area contributed by atoms with E-state index in [2.05, 4.69) is 10.4 Å². The molecule has 1 aromatic heterocycles. The van der Waals surface area contributed by atoms with Crippen molar-refractivity contribution in [2.45, 2.75) is 26.8 Å². The van der Waals surface area contributed by atoms with E-state index < -0.39 is 5.97 Å². The number of aromatic nitrogens is 2. The Morgan fingerprint density at radius 3 is 2.48 bits per heavy atom. The van der Waals surface area contributed by atoms with Crippen LogP contribution in [0.1, 0.15) is 40.3 Å². The van der Waals surface area contributed by atoms with E-state index in [1.165, 1.54) is 0 Å². The van der Waals surface area contributed by atoms with Gasteiger partial charge in [0.25, 0.3) is 5.91 Å². The van der Waals surface area contributed by atoms with Crippen LogP contribution in [0.2, 0.25) is 0 Å². The first-order valence-electron chi connectivity index (χ1n) is 7.41. The zero-order valence-corrected chi connectivity index (χ0v) is 13.8. The highest BCUT2D eigenvalue weighted by atomic mass is 16.5. The molecule has 122 valence electrons. The van der Waals surface area contributed by atoms with Gasteiger partial charge in [0.2, 0.25) is 0 Å². The molecular formula is C17H21N3O3. The molecule has 0 aliphatic carbocycles. The van der Waals surface area contributed by atoms with Crippen LogP contribution in [0.4, 0.5) is 0 Å². The van der Waals surface area contributed by atoms with Gasteiger partial charge in [-0.1, -0.05) is 30.3 Å². The van der Waals surface area contributed by atoms with Gasteiger partial charge in [-0.3, -0.25) is 9.48 Å². The van der Waals surface area contributed by atoms with Crippen molar-refractivity contribution in [1.82, 2.24) is 15.1 Å². The average molecular weight is 315 g/mol. The fourth-order valence-electron chi connectivity index (χ4n) is 2.38. The summed E-state index contributed by atoms with van der Waals surface area (Å²) in [6.45, 7) is 5.09. The third-order valence-electron chi connectivity index (χ3n) is 3.72. The second-order valence-electron chi connectivity index (χ2n) is 5.45. The van der Waals surface area contributed by atoms with Crippen LogP contribution in [0.15, 0.2) is 30.3 Å². The monoisotopic (exact) mass is 315 g/mol. The number of amides is 1. The summed E-state index contributed by atoms with van der Waals surface area (Å²) in [7, 11) is 1.76. The van der Waals surface area contributed by atoms with E-state index in [-0.39, 0.29) is 18.6 Å². The molecule has 1 unspecified atom stereocenters. The fraction of sp³-hybridized carbons (Fsp3) is 0.353. The molecule has 1 N–H and O–H groups in total. The van der Waals surface area contributed by atoms with Gasteiger partial charge in [0.1, 0.15) is 5.56 Å². The number of esters is 1. The lowest BCUT2D eigenvalue weighted by atomic mass is 10.1. The Kier molecular flexibility index (Phi) is 5.16. The van der Waals surface area contributed by atoms with Crippen LogP contribution < -0.4 is 5.32 Å². The number of carbonyl (C=O) groups is 2. The Hall–Kier alpha value is -2.63. The van der Waals surface area contributed by atoms with Gasteiger partial charge >= 0.3 is 5.97 Å². The number of rotatable bonds is 5. The van der Waals surface area contributed by atoms with Crippen LogP contribution in [-0.4, -0.2) is 28.3 Å². The molecule has 2 rings (SSSR count). The van der Waals surface area contributed by atoms with E-state index in [1.807, 2.05) is 37.3 Å². The Morgan fingerprint density at radius 2 is 1.91 bits per heavy atom. The number of hydrogen-bond acceptors (Lipinski definition) is 4. The second-order valence-corrected chi connectivity index (χ2v) is 5.45. The minimum absolute atomic E-state index is 0.149. The van der Waals surface area contributed by atoms with Crippen molar-refractivity contribution in [2.75, 3.05) is 6.61 Å². The molecule has 23 heavy (non-hydrogen) atoms. The topological polar surface area (TPSA) is 73.2 Å². The summed E-state index contributed by atoms with van der Waals surface area (Å²) < 4.78 is 6.71. The van der Waals surface area contributed by atoms with Crippen LogP contribution in [0, 0.1) is 13.8 Å². The van der Waals surface area contributed by atoms with Gasteiger partial charge in [0, 0.05) is 12.7 Å². The van der Waals surface area contributed by atoms with Gasteiger partial charge in [0.15, 0.2) is 6.61 Å². The standard InChI is InChI=1S/C17H21N3O3/c1-11(14-8-6-5-7-9-14)18-15(21)10-23-17(22)16-12(2)19-20(4)13(16)3/h5-9,11H,10H2,1-4H3,(H,18,21). The molecule has 0 spiro atoms. The molecule has 0 saturated heterocycles. The lowest BCUT2D eigenvalue weighted by Crippen LogP contribution is -2.31. The SMILES string of the molecule is Cc1nn(C)c(C)c1C(=O)OCC(=O)NC(C)c1ccccc1. The number of aryl methyl sites for hydroxylation is 2. The van der Waals surface area contributed by atoms with Crippen molar-refractivity contribution in [1.29, 1.82) is 0 Å². The Balaban J connectivity index is 1.90. The molecule has 6 heteroatoms. The molecule has 0 aliphatic rings. The largest absolute Gasteiger partial charge is 0.452 e. The maximum Gasteiger partial charge on any atom is 0.342 e. The van der Waals surface area contributed by atoms with E-state index in [0.29, 0.717) is 17.0 Å². The molecule has 0 bridgehead atoms. The molecule has 0 fully saturated rings. The smallest absolute Gasteiger partial charge is 0.342 e. The summed E-state index contributed by atoms with van der Waals surface area (Å²) in [5.74, 6) is -0.871. The van der Waals surface area contributed by atoms with Gasteiger partial charge in [-0.05, 0) is 26.3 Å².